The van der Waals surface area contributed by atoms with Crippen molar-refractivity contribution in [3.63, 3.8) is 0 Å². The molecule has 0 radical (unpaired) electrons. The quantitative estimate of drug-likeness (QED) is 0.588. The molecule has 0 N–H and O–H groups in total. The molecule has 3 saturated carbocycles. The number of amides is 1. The molecule has 4 aliphatic carbocycles. The van der Waals surface area contributed by atoms with E-state index < -0.39 is 0 Å². The lowest BCUT2D eigenvalue weighted by atomic mass is 9.53. The topological polar surface area (TPSA) is 29.5 Å². The van der Waals surface area contributed by atoms with Crippen molar-refractivity contribution in [2.75, 3.05) is 26.3 Å². The van der Waals surface area contributed by atoms with Crippen molar-refractivity contribution in [2.45, 2.75) is 77.6 Å². The zero-order chi connectivity index (χ0) is 19.8. The first-order valence-electron chi connectivity index (χ1n) is 12.8. The largest absolute Gasteiger partial charge is 0.378 e. The summed E-state index contributed by atoms with van der Waals surface area (Å²) in [7, 11) is 0. The van der Waals surface area contributed by atoms with Crippen LogP contribution in [0.4, 0.5) is 0 Å². The molecule has 3 nitrogen and oxygen atoms in total. The van der Waals surface area contributed by atoms with Gasteiger partial charge in [-0.05, 0) is 80.5 Å². The maximum absolute atomic E-state index is 13.4. The van der Waals surface area contributed by atoms with Crippen LogP contribution in [0.2, 0.25) is 0 Å². The van der Waals surface area contributed by atoms with Crippen LogP contribution in [0, 0.1) is 41.4 Å². The van der Waals surface area contributed by atoms with Crippen molar-refractivity contribution in [1.29, 1.82) is 0 Å². The number of rotatable bonds is 4. The zero-order valence-corrected chi connectivity index (χ0v) is 18.5. The van der Waals surface area contributed by atoms with Gasteiger partial charge in [0.15, 0.2) is 0 Å². The molecule has 0 aromatic carbocycles. The predicted molar refractivity (Wildman–Crippen MR) is 116 cm³/mol. The molecule has 0 aromatic rings. The molecule has 4 fully saturated rings. The zero-order valence-electron chi connectivity index (χ0n) is 18.5. The third-order valence-electron chi connectivity index (χ3n) is 9.47. The lowest BCUT2D eigenvalue weighted by Gasteiger charge is -2.52. The fraction of sp³-hybridized carbons (Fsp3) is 0.885. The van der Waals surface area contributed by atoms with Gasteiger partial charge >= 0.3 is 0 Å². The fourth-order valence-corrected chi connectivity index (χ4v) is 8.24. The van der Waals surface area contributed by atoms with Gasteiger partial charge in [0.2, 0.25) is 5.91 Å². The van der Waals surface area contributed by atoms with Crippen LogP contribution in [-0.2, 0) is 9.53 Å². The van der Waals surface area contributed by atoms with Crippen molar-refractivity contribution in [3.05, 3.63) is 11.6 Å². The third kappa shape index (κ3) is 3.70. The first-order valence-corrected chi connectivity index (χ1v) is 12.8. The van der Waals surface area contributed by atoms with Crippen LogP contribution in [0.15, 0.2) is 11.6 Å². The molecule has 29 heavy (non-hydrogen) atoms. The van der Waals surface area contributed by atoms with Crippen LogP contribution in [0.3, 0.4) is 0 Å². The molecule has 0 aromatic heterocycles. The molecule has 5 aliphatic rings. The molecule has 7 atom stereocenters. The van der Waals surface area contributed by atoms with Gasteiger partial charge in [-0.1, -0.05) is 44.3 Å². The smallest absolute Gasteiger partial charge is 0.229 e. The summed E-state index contributed by atoms with van der Waals surface area (Å²) in [5, 5.41) is 0. The van der Waals surface area contributed by atoms with E-state index in [0.29, 0.717) is 25.0 Å². The lowest BCUT2D eigenvalue weighted by Crippen LogP contribution is -2.46. The number of ether oxygens (including phenoxy) is 1. The Bertz CT molecular complexity index is 622. The summed E-state index contributed by atoms with van der Waals surface area (Å²) in [5.74, 6) is 6.14. The molecule has 0 bridgehead atoms. The Labute approximate surface area is 177 Å². The van der Waals surface area contributed by atoms with Crippen LogP contribution in [0.1, 0.15) is 77.6 Å². The van der Waals surface area contributed by atoms with Crippen LogP contribution < -0.4 is 0 Å². The molecular weight excluding hydrogens is 358 g/mol. The Morgan fingerprint density at radius 3 is 2.59 bits per heavy atom. The number of carbonyl (C=O) groups is 1. The number of hydrogen-bond donors (Lipinski definition) is 0. The van der Waals surface area contributed by atoms with Gasteiger partial charge in [0.1, 0.15) is 0 Å². The minimum atomic E-state index is 0.149. The Morgan fingerprint density at radius 2 is 1.76 bits per heavy atom. The van der Waals surface area contributed by atoms with Crippen LogP contribution in [-0.4, -0.2) is 37.1 Å². The van der Waals surface area contributed by atoms with E-state index in [-0.39, 0.29) is 5.92 Å². The normalized spacial score (nSPS) is 40.4. The summed E-state index contributed by atoms with van der Waals surface area (Å²) in [6.07, 6.45) is 17.7. The minimum Gasteiger partial charge on any atom is -0.378 e. The monoisotopic (exact) mass is 399 g/mol. The van der Waals surface area contributed by atoms with Gasteiger partial charge in [0, 0.05) is 13.1 Å². The number of carbonyl (C=O) groups excluding carboxylic acids is 1. The SMILES string of the molecule is CCCC(C(=O)N1CCOCC1)C1=CCC2C1CCC1C3CCCCC3CCC21. The summed E-state index contributed by atoms with van der Waals surface area (Å²) in [6.45, 7) is 5.24. The highest BCUT2D eigenvalue weighted by Crippen LogP contribution is 2.58. The second-order valence-corrected chi connectivity index (χ2v) is 10.7. The molecule has 5 rings (SSSR count). The van der Waals surface area contributed by atoms with Crippen molar-refractivity contribution in [2.24, 2.45) is 41.4 Å². The molecule has 3 heteroatoms. The van der Waals surface area contributed by atoms with Gasteiger partial charge in [-0.2, -0.15) is 0 Å². The highest BCUT2D eigenvalue weighted by atomic mass is 16.5. The highest BCUT2D eigenvalue weighted by molar-refractivity contribution is 5.82. The van der Waals surface area contributed by atoms with Crippen LogP contribution in [0.5, 0.6) is 0 Å². The Balaban J connectivity index is 1.31. The summed E-state index contributed by atoms with van der Waals surface area (Å²) >= 11 is 0. The van der Waals surface area contributed by atoms with E-state index in [9.17, 15) is 4.79 Å². The van der Waals surface area contributed by atoms with Crippen LogP contribution in [0.25, 0.3) is 0 Å². The first-order chi connectivity index (χ1) is 14.3. The molecule has 0 spiro atoms. The van der Waals surface area contributed by atoms with Gasteiger partial charge in [0.05, 0.1) is 19.1 Å². The van der Waals surface area contributed by atoms with Crippen molar-refractivity contribution < 1.29 is 9.53 Å². The maximum atomic E-state index is 13.4. The molecular formula is C26H41NO2. The van der Waals surface area contributed by atoms with E-state index in [1.807, 2.05) is 0 Å². The Morgan fingerprint density at radius 1 is 1.00 bits per heavy atom. The minimum absolute atomic E-state index is 0.149. The van der Waals surface area contributed by atoms with E-state index in [1.165, 1.54) is 57.8 Å². The fourth-order valence-electron chi connectivity index (χ4n) is 8.24. The van der Waals surface area contributed by atoms with Gasteiger partial charge in [-0.3, -0.25) is 4.79 Å². The van der Waals surface area contributed by atoms with Gasteiger partial charge in [0.25, 0.3) is 0 Å². The number of hydrogen-bond acceptors (Lipinski definition) is 2. The molecule has 1 amide bonds. The summed E-state index contributed by atoms with van der Waals surface area (Å²) in [6, 6.07) is 0. The van der Waals surface area contributed by atoms with Crippen molar-refractivity contribution >= 4 is 5.91 Å². The lowest BCUT2D eigenvalue weighted by molar-refractivity contribution is -0.139. The summed E-state index contributed by atoms with van der Waals surface area (Å²) in [4.78, 5) is 15.5. The highest BCUT2D eigenvalue weighted by Gasteiger charge is 2.50. The molecule has 162 valence electrons. The maximum Gasteiger partial charge on any atom is 0.229 e. The van der Waals surface area contributed by atoms with Crippen LogP contribution >= 0.6 is 0 Å². The van der Waals surface area contributed by atoms with Crippen molar-refractivity contribution in [3.8, 4) is 0 Å². The number of fused-ring (bicyclic) bond motifs is 5. The van der Waals surface area contributed by atoms with Gasteiger partial charge < -0.3 is 9.64 Å². The van der Waals surface area contributed by atoms with E-state index in [4.69, 9.17) is 4.74 Å². The van der Waals surface area contributed by atoms with E-state index >= 15 is 0 Å². The average Bonchev–Trinajstić information content (AvgIpc) is 3.21. The average molecular weight is 400 g/mol. The van der Waals surface area contributed by atoms with E-state index in [1.54, 1.807) is 5.57 Å². The molecule has 1 aliphatic heterocycles. The molecule has 1 saturated heterocycles. The molecule has 7 unspecified atom stereocenters. The standard InChI is InChI=1S/C26H41NO2/c1-2-5-25(26(28)27-14-16-29-17-15-27)24-13-12-22-21-9-8-18-6-3-4-7-19(18)20(21)10-11-23(22)24/h13,18-23,25H,2-12,14-17H2,1H3. The number of allylic oxidation sites excluding steroid dienone is 1. The summed E-state index contributed by atoms with van der Waals surface area (Å²) in [5.41, 5.74) is 1.55. The predicted octanol–water partition coefficient (Wildman–Crippen LogP) is 5.45. The van der Waals surface area contributed by atoms with Crippen molar-refractivity contribution in [1.82, 2.24) is 4.90 Å². The van der Waals surface area contributed by atoms with E-state index in [2.05, 4.69) is 17.9 Å². The second-order valence-electron chi connectivity index (χ2n) is 10.7. The van der Waals surface area contributed by atoms with Gasteiger partial charge in [-0.15, -0.1) is 0 Å². The third-order valence-corrected chi connectivity index (χ3v) is 9.47. The van der Waals surface area contributed by atoms with Gasteiger partial charge in [-0.25, -0.2) is 0 Å². The first kappa shape index (κ1) is 20.1. The summed E-state index contributed by atoms with van der Waals surface area (Å²) < 4.78 is 5.49. The number of nitrogens with zero attached hydrogens (tertiary/aromatic N) is 1. The number of morpholine rings is 1. The second kappa shape index (κ2) is 8.73. The Hall–Kier alpha value is -0.830. The van der Waals surface area contributed by atoms with E-state index in [0.717, 1.165) is 55.5 Å². The molecule has 1 heterocycles. The Kier molecular flexibility index (Phi) is 6.05.